The molecule has 0 atom stereocenters. The van der Waals surface area contributed by atoms with Crippen LogP contribution in [0, 0.1) is 12.8 Å². The van der Waals surface area contributed by atoms with E-state index in [4.69, 9.17) is 0 Å². The zero-order valence-corrected chi connectivity index (χ0v) is 11.9. The molecular formula is C13H16BrN3. The van der Waals surface area contributed by atoms with Crippen molar-refractivity contribution >= 4 is 15.9 Å². The molecular weight excluding hydrogens is 278 g/mol. The summed E-state index contributed by atoms with van der Waals surface area (Å²) < 4.78 is 3.16. The van der Waals surface area contributed by atoms with Crippen molar-refractivity contribution in [3.8, 4) is 11.4 Å². The van der Waals surface area contributed by atoms with Crippen molar-refractivity contribution in [2.45, 2.75) is 27.3 Å². The molecule has 0 amide bonds. The van der Waals surface area contributed by atoms with Gasteiger partial charge < -0.3 is 4.57 Å². The van der Waals surface area contributed by atoms with Gasteiger partial charge in [0.05, 0.1) is 0 Å². The van der Waals surface area contributed by atoms with Crippen LogP contribution in [-0.4, -0.2) is 14.8 Å². The molecule has 1 heterocycles. The number of rotatable bonds is 3. The minimum Gasteiger partial charge on any atom is -0.313 e. The Morgan fingerprint density at radius 1 is 1.35 bits per heavy atom. The molecule has 0 aliphatic rings. The Balaban J connectivity index is 2.42. The number of hydrogen-bond donors (Lipinski definition) is 0. The molecule has 90 valence electrons. The van der Waals surface area contributed by atoms with E-state index in [2.05, 4.69) is 69.7 Å². The van der Waals surface area contributed by atoms with Crippen LogP contribution in [0.1, 0.15) is 19.4 Å². The first-order valence-corrected chi connectivity index (χ1v) is 6.51. The molecule has 3 nitrogen and oxygen atoms in total. The predicted molar refractivity (Wildman–Crippen MR) is 72.7 cm³/mol. The van der Waals surface area contributed by atoms with Gasteiger partial charge >= 0.3 is 0 Å². The third-order valence-electron chi connectivity index (χ3n) is 2.54. The number of halogens is 1. The van der Waals surface area contributed by atoms with Crippen molar-refractivity contribution in [3.05, 3.63) is 34.6 Å². The summed E-state index contributed by atoms with van der Waals surface area (Å²) in [6.07, 6.45) is 1.79. The lowest BCUT2D eigenvalue weighted by molar-refractivity contribution is 0.525. The molecule has 2 rings (SSSR count). The molecule has 0 N–H and O–H groups in total. The molecule has 17 heavy (non-hydrogen) atoms. The molecule has 0 saturated heterocycles. The molecule has 0 bridgehead atoms. The van der Waals surface area contributed by atoms with Gasteiger partial charge in [-0.1, -0.05) is 35.8 Å². The largest absolute Gasteiger partial charge is 0.313 e. The van der Waals surface area contributed by atoms with Gasteiger partial charge in [-0.3, -0.25) is 0 Å². The van der Waals surface area contributed by atoms with Gasteiger partial charge in [0.2, 0.25) is 0 Å². The van der Waals surface area contributed by atoms with Gasteiger partial charge in [0.1, 0.15) is 6.33 Å². The van der Waals surface area contributed by atoms with Gasteiger partial charge in [-0.15, -0.1) is 10.2 Å². The van der Waals surface area contributed by atoms with Crippen molar-refractivity contribution in [2.75, 3.05) is 0 Å². The predicted octanol–water partition coefficient (Wildman–Crippen LogP) is 3.67. The number of hydrogen-bond acceptors (Lipinski definition) is 2. The lowest BCUT2D eigenvalue weighted by Crippen LogP contribution is -2.05. The molecule has 0 radical (unpaired) electrons. The fourth-order valence-electron chi connectivity index (χ4n) is 1.79. The lowest BCUT2D eigenvalue weighted by Gasteiger charge is -2.10. The highest BCUT2D eigenvalue weighted by molar-refractivity contribution is 9.10. The molecule has 0 fully saturated rings. The topological polar surface area (TPSA) is 30.7 Å². The minimum absolute atomic E-state index is 0.578. The maximum absolute atomic E-state index is 4.21. The van der Waals surface area contributed by atoms with Crippen LogP contribution in [0.3, 0.4) is 0 Å². The fourth-order valence-corrected chi connectivity index (χ4v) is 2.46. The first-order valence-electron chi connectivity index (χ1n) is 5.72. The van der Waals surface area contributed by atoms with Crippen LogP contribution in [0.25, 0.3) is 11.4 Å². The fraction of sp³-hybridized carbons (Fsp3) is 0.385. The van der Waals surface area contributed by atoms with Crippen LogP contribution in [0.4, 0.5) is 0 Å². The van der Waals surface area contributed by atoms with Gasteiger partial charge in [-0.05, 0) is 30.5 Å². The van der Waals surface area contributed by atoms with E-state index in [1.807, 2.05) is 0 Å². The number of nitrogens with zero attached hydrogens (tertiary/aromatic N) is 3. The summed E-state index contributed by atoms with van der Waals surface area (Å²) in [6.45, 7) is 7.39. The second-order valence-corrected chi connectivity index (χ2v) is 5.54. The van der Waals surface area contributed by atoms with Gasteiger partial charge in [0.25, 0.3) is 0 Å². The third-order valence-corrected chi connectivity index (χ3v) is 3.20. The van der Waals surface area contributed by atoms with Crippen molar-refractivity contribution in [1.29, 1.82) is 0 Å². The van der Waals surface area contributed by atoms with E-state index in [1.54, 1.807) is 6.33 Å². The molecule has 2 aromatic rings. The van der Waals surface area contributed by atoms with Crippen molar-refractivity contribution in [3.63, 3.8) is 0 Å². The molecule has 0 spiro atoms. The highest BCUT2D eigenvalue weighted by Crippen LogP contribution is 2.27. The van der Waals surface area contributed by atoms with Crippen LogP contribution in [-0.2, 0) is 6.54 Å². The first kappa shape index (κ1) is 12.3. The zero-order chi connectivity index (χ0) is 12.4. The Labute approximate surface area is 110 Å². The molecule has 1 aromatic heterocycles. The van der Waals surface area contributed by atoms with Gasteiger partial charge in [-0.2, -0.15) is 0 Å². The molecule has 0 saturated carbocycles. The average molecular weight is 294 g/mol. The lowest BCUT2D eigenvalue weighted by atomic mass is 10.1. The summed E-state index contributed by atoms with van der Waals surface area (Å²) >= 11 is 3.59. The second-order valence-electron chi connectivity index (χ2n) is 4.68. The van der Waals surface area contributed by atoms with E-state index in [9.17, 15) is 0 Å². The average Bonchev–Trinajstić information content (AvgIpc) is 2.65. The van der Waals surface area contributed by atoms with E-state index >= 15 is 0 Å². The summed E-state index contributed by atoms with van der Waals surface area (Å²) in [7, 11) is 0. The minimum atomic E-state index is 0.578. The highest BCUT2D eigenvalue weighted by atomic mass is 79.9. The van der Waals surface area contributed by atoms with E-state index in [0.717, 1.165) is 22.4 Å². The highest BCUT2D eigenvalue weighted by Gasteiger charge is 2.11. The smallest absolute Gasteiger partial charge is 0.164 e. The van der Waals surface area contributed by atoms with E-state index in [-0.39, 0.29) is 0 Å². The molecule has 0 aliphatic heterocycles. The van der Waals surface area contributed by atoms with Crippen molar-refractivity contribution in [2.24, 2.45) is 5.92 Å². The molecule has 0 unspecified atom stereocenters. The quantitative estimate of drug-likeness (QED) is 0.864. The van der Waals surface area contributed by atoms with Crippen LogP contribution >= 0.6 is 15.9 Å². The molecule has 0 aliphatic carbocycles. The van der Waals surface area contributed by atoms with Crippen LogP contribution in [0.5, 0.6) is 0 Å². The Morgan fingerprint density at radius 3 is 2.76 bits per heavy atom. The monoisotopic (exact) mass is 293 g/mol. The number of aromatic nitrogens is 3. The SMILES string of the molecule is Cc1ccc(-c2nncn2CC(C)C)c(Br)c1. The summed E-state index contributed by atoms with van der Waals surface area (Å²) in [4.78, 5) is 0. The first-order chi connectivity index (χ1) is 8.08. The zero-order valence-electron chi connectivity index (χ0n) is 10.3. The summed E-state index contributed by atoms with van der Waals surface area (Å²) in [6, 6.07) is 6.28. The van der Waals surface area contributed by atoms with E-state index in [1.165, 1.54) is 5.56 Å². The van der Waals surface area contributed by atoms with Crippen LogP contribution in [0.15, 0.2) is 29.0 Å². The van der Waals surface area contributed by atoms with Crippen LogP contribution < -0.4 is 0 Å². The third kappa shape index (κ3) is 2.75. The second kappa shape index (κ2) is 5.00. The Morgan fingerprint density at radius 2 is 2.12 bits per heavy atom. The van der Waals surface area contributed by atoms with Crippen LogP contribution in [0.2, 0.25) is 0 Å². The Kier molecular flexibility index (Phi) is 3.62. The summed E-state index contributed by atoms with van der Waals surface area (Å²) in [5.41, 5.74) is 2.32. The molecule has 1 aromatic carbocycles. The Hall–Kier alpha value is -1.16. The van der Waals surface area contributed by atoms with Gasteiger partial charge in [0.15, 0.2) is 5.82 Å². The number of benzene rings is 1. The number of aryl methyl sites for hydroxylation is 1. The van der Waals surface area contributed by atoms with E-state index in [0.29, 0.717) is 5.92 Å². The maximum Gasteiger partial charge on any atom is 0.164 e. The maximum atomic E-state index is 4.21. The molecule has 4 heteroatoms. The summed E-state index contributed by atoms with van der Waals surface area (Å²) in [5, 5.41) is 8.22. The standard InChI is InChI=1S/C13H16BrN3/c1-9(2)7-17-8-15-16-13(17)11-5-4-10(3)6-12(11)14/h4-6,8-9H,7H2,1-3H3. The Bertz CT molecular complexity index is 517. The van der Waals surface area contributed by atoms with E-state index < -0.39 is 0 Å². The summed E-state index contributed by atoms with van der Waals surface area (Å²) in [5.74, 6) is 1.50. The van der Waals surface area contributed by atoms with Crippen molar-refractivity contribution in [1.82, 2.24) is 14.8 Å². The van der Waals surface area contributed by atoms with Gasteiger partial charge in [-0.25, -0.2) is 0 Å². The normalized spacial score (nSPS) is 11.1. The van der Waals surface area contributed by atoms with Gasteiger partial charge in [0, 0.05) is 16.6 Å². The van der Waals surface area contributed by atoms with Crippen molar-refractivity contribution < 1.29 is 0 Å².